The molecule has 0 bridgehead atoms. The van der Waals surface area contributed by atoms with Crippen LogP contribution in [0, 0.1) is 18.3 Å². The fourth-order valence-electron chi connectivity index (χ4n) is 4.15. The summed E-state index contributed by atoms with van der Waals surface area (Å²) >= 11 is 6.55. The van der Waals surface area contributed by atoms with E-state index in [1.165, 1.54) is 16.7 Å². The van der Waals surface area contributed by atoms with Crippen molar-refractivity contribution in [2.75, 3.05) is 24.5 Å². The summed E-state index contributed by atoms with van der Waals surface area (Å²) in [6.45, 7) is 6.18. The lowest BCUT2D eigenvalue weighted by Crippen LogP contribution is -2.33. The van der Waals surface area contributed by atoms with Crippen LogP contribution >= 0.6 is 24.0 Å². The van der Waals surface area contributed by atoms with Crippen LogP contribution in [0.2, 0.25) is 0 Å². The molecule has 1 aromatic heterocycles. The fourth-order valence-corrected chi connectivity index (χ4v) is 5.44. The molecule has 3 heterocycles. The van der Waals surface area contributed by atoms with E-state index in [2.05, 4.69) is 17.9 Å². The van der Waals surface area contributed by atoms with Crippen LogP contribution in [0.3, 0.4) is 0 Å². The Bertz CT molecular complexity index is 1100. The highest BCUT2D eigenvalue weighted by molar-refractivity contribution is 8.26. The number of hydrogen-bond acceptors (Lipinski definition) is 7. The molecule has 0 spiro atoms. The minimum atomic E-state index is -0.916. The number of hydrogen-bond donors (Lipinski definition) is 1. The molecule has 2 fully saturated rings. The van der Waals surface area contributed by atoms with Crippen molar-refractivity contribution < 1.29 is 14.7 Å². The van der Waals surface area contributed by atoms with Crippen molar-refractivity contribution >= 4 is 52.1 Å². The van der Waals surface area contributed by atoms with Crippen molar-refractivity contribution in [2.45, 2.75) is 58.9 Å². The van der Waals surface area contributed by atoms with E-state index in [0.717, 1.165) is 44.6 Å². The second-order valence-corrected chi connectivity index (χ2v) is 9.86. The van der Waals surface area contributed by atoms with Gasteiger partial charge in [-0.1, -0.05) is 37.3 Å². The highest BCUT2D eigenvalue weighted by atomic mass is 32.2. The van der Waals surface area contributed by atoms with Crippen molar-refractivity contribution in [1.82, 2.24) is 9.47 Å². The number of amides is 1. The maximum Gasteiger partial charge on any atom is 0.303 e. The van der Waals surface area contributed by atoms with E-state index in [9.17, 15) is 19.6 Å². The molecule has 0 aromatic carbocycles. The van der Waals surface area contributed by atoms with E-state index in [1.54, 1.807) is 17.6 Å². The number of carbonyl (C=O) groups excluding carboxylic acids is 1. The van der Waals surface area contributed by atoms with Crippen molar-refractivity contribution in [3.63, 3.8) is 0 Å². The molecule has 3 rings (SSSR count). The number of thioether (sulfide) groups is 1. The molecule has 0 radical (unpaired) electrons. The summed E-state index contributed by atoms with van der Waals surface area (Å²) in [5.74, 6) is -0.425. The van der Waals surface area contributed by atoms with E-state index >= 15 is 0 Å². The lowest BCUT2D eigenvalue weighted by molar-refractivity contribution is -0.137. The van der Waals surface area contributed by atoms with Crippen LogP contribution in [0.25, 0.3) is 6.08 Å². The topological polar surface area (TPSA) is 107 Å². The summed E-state index contributed by atoms with van der Waals surface area (Å²) < 4.78 is 2.08. The van der Waals surface area contributed by atoms with Gasteiger partial charge in [0.2, 0.25) is 0 Å². The van der Waals surface area contributed by atoms with Gasteiger partial charge in [-0.15, -0.1) is 0 Å². The molecule has 1 amide bonds. The zero-order chi connectivity index (χ0) is 24.1. The van der Waals surface area contributed by atoms with Crippen molar-refractivity contribution in [1.29, 1.82) is 5.26 Å². The van der Waals surface area contributed by atoms with Gasteiger partial charge < -0.3 is 10.0 Å². The van der Waals surface area contributed by atoms with Crippen LogP contribution in [-0.4, -0.2) is 50.4 Å². The Balaban J connectivity index is 2.09. The van der Waals surface area contributed by atoms with Gasteiger partial charge in [0.05, 0.1) is 4.91 Å². The maximum atomic E-state index is 13.2. The van der Waals surface area contributed by atoms with Crippen LogP contribution in [0.15, 0.2) is 9.70 Å². The predicted octanol–water partition coefficient (Wildman–Crippen LogP) is 3.49. The predicted molar refractivity (Wildman–Crippen MR) is 133 cm³/mol. The first-order valence-corrected chi connectivity index (χ1v) is 12.4. The van der Waals surface area contributed by atoms with Crippen LogP contribution in [0.5, 0.6) is 0 Å². The standard InChI is InChI=1S/C23H28N4O4S2/c1-3-4-11-26-20(25-9-5-6-10-25)16(15(2)17(14-24)21(26)30)13-18-22(31)27(23(32)33-18)12-7-8-19(28)29/h13H,3-12H2,1-2H3,(H,28,29). The van der Waals surface area contributed by atoms with Gasteiger partial charge in [-0.25, -0.2) is 0 Å². The molecule has 10 heteroatoms. The largest absolute Gasteiger partial charge is 0.481 e. The summed E-state index contributed by atoms with van der Waals surface area (Å²) in [5, 5.41) is 18.6. The molecule has 0 saturated carbocycles. The first-order chi connectivity index (χ1) is 15.8. The Hall–Kier alpha value is -2.64. The highest BCUT2D eigenvalue weighted by Crippen LogP contribution is 2.36. The minimum Gasteiger partial charge on any atom is -0.481 e. The van der Waals surface area contributed by atoms with E-state index in [1.807, 2.05) is 0 Å². The average Bonchev–Trinajstić information content (AvgIpc) is 3.39. The number of carboxylic acids is 1. The minimum absolute atomic E-state index is 0.0394. The molecule has 0 aliphatic carbocycles. The van der Waals surface area contributed by atoms with E-state index in [0.29, 0.717) is 33.3 Å². The summed E-state index contributed by atoms with van der Waals surface area (Å²) in [6, 6.07) is 2.07. The zero-order valence-electron chi connectivity index (χ0n) is 18.9. The van der Waals surface area contributed by atoms with Gasteiger partial charge in [0.1, 0.15) is 21.8 Å². The second kappa shape index (κ2) is 11.0. The summed E-state index contributed by atoms with van der Waals surface area (Å²) in [7, 11) is 0. The van der Waals surface area contributed by atoms with Crippen molar-refractivity contribution in [3.05, 3.63) is 31.9 Å². The highest BCUT2D eigenvalue weighted by Gasteiger charge is 2.33. The normalized spacial score (nSPS) is 17.3. The summed E-state index contributed by atoms with van der Waals surface area (Å²) in [5.41, 5.74) is 1.07. The maximum absolute atomic E-state index is 13.2. The molecule has 2 aliphatic heterocycles. The number of aliphatic carboxylic acids is 1. The van der Waals surface area contributed by atoms with Gasteiger partial charge in [0, 0.05) is 38.2 Å². The molecule has 2 saturated heterocycles. The first kappa shape index (κ1) is 25.0. The molecule has 0 atom stereocenters. The SMILES string of the molecule is CCCCn1c(N2CCCC2)c(C=C2SC(=S)N(CCCC(=O)O)C2=O)c(C)c(C#N)c1=O. The first-order valence-electron chi connectivity index (χ1n) is 11.2. The number of unbranched alkanes of at least 4 members (excludes halogenated alkanes) is 1. The number of rotatable bonds is 9. The van der Waals surface area contributed by atoms with E-state index in [-0.39, 0.29) is 30.0 Å². The monoisotopic (exact) mass is 488 g/mol. The molecule has 1 aromatic rings. The number of aromatic nitrogens is 1. The number of thiocarbonyl (C=S) groups is 1. The number of nitriles is 1. The molecule has 1 N–H and O–H groups in total. The van der Waals surface area contributed by atoms with Gasteiger partial charge in [0.25, 0.3) is 11.5 Å². The van der Waals surface area contributed by atoms with Crippen LogP contribution < -0.4 is 10.5 Å². The Labute approximate surface area is 202 Å². The number of anilines is 1. The van der Waals surface area contributed by atoms with Gasteiger partial charge in [-0.3, -0.25) is 23.9 Å². The second-order valence-electron chi connectivity index (χ2n) is 8.18. The Morgan fingerprint density at radius 1 is 1.24 bits per heavy atom. The molecule has 176 valence electrons. The molecular formula is C23H28N4O4S2. The molecular weight excluding hydrogens is 460 g/mol. The summed E-state index contributed by atoms with van der Waals surface area (Å²) in [6.07, 6.45) is 5.78. The van der Waals surface area contributed by atoms with E-state index < -0.39 is 5.97 Å². The Morgan fingerprint density at radius 2 is 1.94 bits per heavy atom. The molecule has 8 nitrogen and oxygen atoms in total. The van der Waals surface area contributed by atoms with Crippen LogP contribution in [0.4, 0.5) is 5.82 Å². The van der Waals surface area contributed by atoms with Crippen LogP contribution in [-0.2, 0) is 16.1 Å². The van der Waals surface area contributed by atoms with Crippen molar-refractivity contribution in [3.8, 4) is 6.07 Å². The summed E-state index contributed by atoms with van der Waals surface area (Å²) in [4.78, 5) is 41.1. The average molecular weight is 489 g/mol. The third kappa shape index (κ3) is 5.31. The number of pyridine rings is 1. The molecule has 0 unspecified atom stereocenters. The smallest absolute Gasteiger partial charge is 0.303 e. The third-order valence-corrected chi connectivity index (χ3v) is 7.29. The fraction of sp³-hybridized carbons (Fsp3) is 0.522. The Morgan fingerprint density at radius 3 is 2.55 bits per heavy atom. The molecule has 2 aliphatic rings. The third-order valence-electron chi connectivity index (χ3n) is 5.91. The van der Waals surface area contributed by atoms with Gasteiger partial charge in [-0.2, -0.15) is 5.26 Å². The zero-order valence-corrected chi connectivity index (χ0v) is 20.6. The van der Waals surface area contributed by atoms with E-state index in [4.69, 9.17) is 17.3 Å². The van der Waals surface area contributed by atoms with Gasteiger partial charge in [0.15, 0.2) is 0 Å². The molecule has 33 heavy (non-hydrogen) atoms. The van der Waals surface area contributed by atoms with Crippen molar-refractivity contribution in [2.24, 2.45) is 0 Å². The number of carbonyl (C=O) groups is 2. The quantitative estimate of drug-likeness (QED) is 0.416. The lowest BCUT2D eigenvalue weighted by Gasteiger charge is -2.27. The van der Waals surface area contributed by atoms with Gasteiger partial charge >= 0.3 is 5.97 Å². The number of carboxylic acid groups (broad SMARTS) is 1. The lowest BCUT2D eigenvalue weighted by atomic mass is 10.0. The van der Waals surface area contributed by atoms with Crippen LogP contribution in [0.1, 0.15) is 62.1 Å². The number of nitrogens with zero attached hydrogens (tertiary/aromatic N) is 4. The Kier molecular flexibility index (Phi) is 8.32. The van der Waals surface area contributed by atoms with Gasteiger partial charge in [-0.05, 0) is 44.2 Å².